The van der Waals surface area contributed by atoms with Crippen LogP contribution in [0.15, 0.2) is 29.2 Å². The summed E-state index contributed by atoms with van der Waals surface area (Å²) in [6, 6.07) is 6.86. The Kier molecular flexibility index (Phi) is 5.79. The highest BCUT2D eigenvalue weighted by Gasteiger charge is 2.29. The van der Waals surface area contributed by atoms with E-state index >= 15 is 0 Å². The molecule has 1 heterocycles. The number of nitrogens with zero attached hydrogens (tertiary/aromatic N) is 1. The number of fused-ring (bicyclic) bond motifs is 1. The average Bonchev–Trinajstić information content (AvgIpc) is 2.64. The van der Waals surface area contributed by atoms with Crippen LogP contribution < -0.4 is 14.2 Å². The smallest absolute Gasteiger partial charge is 0.262 e. The molecule has 0 fully saturated rings. The number of ether oxygens (including phenoxy) is 2. The van der Waals surface area contributed by atoms with Crippen molar-refractivity contribution in [2.75, 3.05) is 32.5 Å². The van der Waals surface area contributed by atoms with Crippen LogP contribution in [0.25, 0.3) is 0 Å². The molecule has 0 saturated carbocycles. The van der Waals surface area contributed by atoms with Crippen LogP contribution >= 0.6 is 11.6 Å². The van der Waals surface area contributed by atoms with Gasteiger partial charge in [0.05, 0.1) is 17.7 Å². The topological polar surface area (TPSA) is 67.9 Å². The largest absolute Gasteiger partial charge is 0.496 e. The number of methoxy groups -OCH3 is 1. The lowest BCUT2D eigenvalue weighted by molar-refractivity contribution is 0.164. The van der Waals surface area contributed by atoms with Gasteiger partial charge in [-0.1, -0.05) is 11.6 Å². The third-order valence-corrected chi connectivity index (χ3v) is 6.93. The summed E-state index contributed by atoms with van der Waals surface area (Å²) in [4.78, 5) is 2.28. The van der Waals surface area contributed by atoms with E-state index in [0.717, 1.165) is 5.56 Å². The first-order chi connectivity index (χ1) is 13.1. The lowest BCUT2D eigenvalue weighted by Gasteiger charge is -2.32. The Bertz CT molecular complexity index is 1010. The number of hydrogen-bond donors (Lipinski definition) is 1. The second-order valence-corrected chi connectivity index (χ2v) is 9.29. The molecule has 0 unspecified atom stereocenters. The SMILES string of the molecule is COc1ccc(NS(=O)(=O)c2cc(C)c(Cl)cc2C)c2c1C[C@@H](N(C)C)CO2. The van der Waals surface area contributed by atoms with Crippen LogP contribution in [0.5, 0.6) is 11.5 Å². The monoisotopic (exact) mass is 424 g/mol. The van der Waals surface area contributed by atoms with E-state index in [-0.39, 0.29) is 10.9 Å². The van der Waals surface area contributed by atoms with Gasteiger partial charge in [-0.2, -0.15) is 0 Å². The first-order valence-corrected chi connectivity index (χ1v) is 10.8. The zero-order valence-electron chi connectivity index (χ0n) is 16.7. The standard InChI is InChI=1S/C20H25ClN2O4S/c1-12-9-19(13(2)8-16(12)21)28(24,25)22-17-6-7-18(26-5)15-10-14(23(3)4)11-27-20(15)17/h6-9,14,22H,10-11H2,1-5H3/t14-/m1/s1. The van der Waals surface area contributed by atoms with Gasteiger partial charge >= 0.3 is 0 Å². The molecule has 1 aliphatic heterocycles. The predicted molar refractivity (Wildman–Crippen MR) is 111 cm³/mol. The number of nitrogens with one attached hydrogen (secondary N) is 1. The molecule has 0 saturated heterocycles. The van der Waals surface area contributed by atoms with Crippen molar-refractivity contribution in [1.29, 1.82) is 0 Å². The van der Waals surface area contributed by atoms with E-state index in [2.05, 4.69) is 9.62 Å². The number of halogens is 1. The van der Waals surface area contributed by atoms with Gasteiger partial charge in [0.15, 0.2) is 0 Å². The summed E-state index contributed by atoms with van der Waals surface area (Å²) >= 11 is 6.11. The highest BCUT2D eigenvalue weighted by atomic mass is 35.5. The maximum absolute atomic E-state index is 13.0. The molecule has 0 aromatic heterocycles. The molecule has 6 nitrogen and oxygen atoms in total. The third-order valence-electron chi connectivity index (χ3n) is 5.02. The molecule has 3 rings (SSSR count). The molecule has 2 aromatic rings. The van der Waals surface area contributed by atoms with Crippen LogP contribution in [-0.2, 0) is 16.4 Å². The van der Waals surface area contributed by atoms with Crippen molar-refractivity contribution in [3.8, 4) is 11.5 Å². The fourth-order valence-electron chi connectivity index (χ4n) is 3.29. The molecule has 0 spiro atoms. The summed E-state index contributed by atoms with van der Waals surface area (Å²) in [6.45, 7) is 3.98. The maximum atomic E-state index is 13.0. The van der Waals surface area contributed by atoms with E-state index in [0.29, 0.717) is 46.4 Å². The van der Waals surface area contributed by atoms with Crippen molar-refractivity contribution < 1.29 is 17.9 Å². The van der Waals surface area contributed by atoms with Crippen LogP contribution in [0.4, 0.5) is 5.69 Å². The van der Waals surface area contributed by atoms with E-state index in [4.69, 9.17) is 21.1 Å². The molecule has 28 heavy (non-hydrogen) atoms. The highest BCUT2D eigenvalue weighted by molar-refractivity contribution is 7.92. The van der Waals surface area contributed by atoms with E-state index in [1.54, 1.807) is 45.2 Å². The minimum Gasteiger partial charge on any atom is -0.496 e. The molecule has 2 aromatic carbocycles. The van der Waals surface area contributed by atoms with Gasteiger partial charge in [0.25, 0.3) is 10.0 Å². The molecule has 152 valence electrons. The van der Waals surface area contributed by atoms with Crippen LogP contribution in [-0.4, -0.2) is 47.2 Å². The lowest BCUT2D eigenvalue weighted by atomic mass is 10.00. The van der Waals surface area contributed by atoms with Gasteiger partial charge in [-0.25, -0.2) is 8.42 Å². The summed E-state index contributed by atoms with van der Waals surface area (Å²) in [5, 5.41) is 0.538. The average molecular weight is 425 g/mol. The minimum atomic E-state index is -3.81. The van der Waals surface area contributed by atoms with Crippen molar-refractivity contribution in [2.24, 2.45) is 0 Å². The molecular formula is C20H25ClN2O4S. The quantitative estimate of drug-likeness (QED) is 0.793. The minimum absolute atomic E-state index is 0.189. The van der Waals surface area contributed by atoms with Gasteiger partial charge in [-0.15, -0.1) is 0 Å². The fourth-order valence-corrected chi connectivity index (χ4v) is 4.88. The molecule has 1 aliphatic rings. The molecule has 0 radical (unpaired) electrons. The Labute approximate surface area is 171 Å². The van der Waals surface area contributed by atoms with Gasteiger partial charge in [0.2, 0.25) is 0 Å². The van der Waals surface area contributed by atoms with Gasteiger partial charge in [0.1, 0.15) is 18.1 Å². The zero-order valence-corrected chi connectivity index (χ0v) is 18.2. The Hall–Kier alpha value is -1.96. The van der Waals surface area contributed by atoms with Crippen LogP contribution in [0.1, 0.15) is 16.7 Å². The first kappa shape index (κ1) is 20.8. The van der Waals surface area contributed by atoms with Crippen molar-refractivity contribution in [1.82, 2.24) is 4.90 Å². The second kappa shape index (κ2) is 7.81. The van der Waals surface area contributed by atoms with Crippen molar-refractivity contribution in [3.63, 3.8) is 0 Å². The first-order valence-electron chi connectivity index (χ1n) is 8.92. The highest BCUT2D eigenvalue weighted by Crippen LogP contribution is 2.41. The van der Waals surface area contributed by atoms with E-state index < -0.39 is 10.0 Å². The van der Waals surface area contributed by atoms with Gasteiger partial charge < -0.3 is 14.4 Å². The van der Waals surface area contributed by atoms with E-state index in [1.165, 1.54) is 0 Å². The number of aryl methyl sites for hydroxylation is 2. The summed E-state index contributed by atoms with van der Waals surface area (Å²) in [6.07, 6.45) is 0.708. The van der Waals surface area contributed by atoms with Gasteiger partial charge in [-0.3, -0.25) is 4.72 Å². The van der Waals surface area contributed by atoms with Crippen LogP contribution in [0.3, 0.4) is 0 Å². The summed E-state index contributed by atoms with van der Waals surface area (Å²) < 4.78 is 40.2. The molecule has 8 heteroatoms. The van der Waals surface area contributed by atoms with Crippen LogP contribution in [0, 0.1) is 13.8 Å². The third kappa shape index (κ3) is 3.92. The normalized spacial score (nSPS) is 16.5. The van der Waals surface area contributed by atoms with E-state index in [9.17, 15) is 8.42 Å². The number of rotatable bonds is 5. The van der Waals surface area contributed by atoms with Crippen molar-refractivity contribution in [3.05, 3.63) is 46.0 Å². The Morgan fingerprint density at radius 1 is 1.21 bits per heavy atom. The molecule has 0 bridgehead atoms. The van der Waals surface area contributed by atoms with Crippen molar-refractivity contribution >= 4 is 27.3 Å². The van der Waals surface area contributed by atoms with Gasteiger partial charge in [0, 0.05) is 16.6 Å². The van der Waals surface area contributed by atoms with Crippen LogP contribution in [0.2, 0.25) is 5.02 Å². The summed E-state index contributed by atoms with van der Waals surface area (Å²) in [5.74, 6) is 1.20. The molecule has 1 atom stereocenters. The molecule has 1 N–H and O–H groups in total. The lowest BCUT2D eigenvalue weighted by Crippen LogP contribution is -2.38. The Morgan fingerprint density at radius 2 is 1.93 bits per heavy atom. The van der Waals surface area contributed by atoms with Crippen molar-refractivity contribution in [2.45, 2.75) is 31.2 Å². The summed E-state index contributed by atoms with van der Waals surface area (Å²) in [5.41, 5.74) is 2.55. The Morgan fingerprint density at radius 3 is 2.57 bits per heavy atom. The number of benzene rings is 2. The maximum Gasteiger partial charge on any atom is 0.262 e. The predicted octanol–water partition coefficient (Wildman–Crippen LogP) is 3.63. The zero-order chi connectivity index (χ0) is 20.6. The Balaban J connectivity index is 2.02. The number of hydrogen-bond acceptors (Lipinski definition) is 5. The van der Waals surface area contributed by atoms with Gasteiger partial charge in [-0.05, 0) is 69.8 Å². The molecule has 0 aliphatic carbocycles. The van der Waals surface area contributed by atoms with E-state index in [1.807, 2.05) is 14.1 Å². The number of likely N-dealkylation sites (N-methyl/N-ethyl adjacent to an activating group) is 1. The number of anilines is 1. The fraction of sp³-hybridized carbons (Fsp3) is 0.400. The molecular weight excluding hydrogens is 400 g/mol. The summed E-state index contributed by atoms with van der Waals surface area (Å²) in [7, 11) is 1.77. The number of sulfonamides is 1. The molecule has 0 amide bonds. The second-order valence-electron chi connectivity index (χ2n) is 7.23.